The number of sulfonamides is 1. The van der Waals surface area contributed by atoms with Gasteiger partial charge >= 0.3 is 0 Å². The number of carbonyl (C=O) groups is 1. The van der Waals surface area contributed by atoms with E-state index in [1.165, 1.54) is 24.3 Å². The zero-order valence-corrected chi connectivity index (χ0v) is 18.7. The van der Waals surface area contributed by atoms with Crippen molar-refractivity contribution in [3.8, 4) is 0 Å². The van der Waals surface area contributed by atoms with Gasteiger partial charge in [0.25, 0.3) is 10.0 Å². The van der Waals surface area contributed by atoms with Crippen molar-refractivity contribution >= 4 is 50.5 Å². The Bertz CT molecular complexity index is 1160. The van der Waals surface area contributed by atoms with E-state index in [-0.39, 0.29) is 4.90 Å². The molecule has 0 saturated heterocycles. The number of aryl methyl sites for hydroxylation is 2. The quantitative estimate of drug-likeness (QED) is 0.529. The van der Waals surface area contributed by atoms with Crippen LogP contribution < -0.4 is 9.62 Å². The van der Waals surface area contributed by atoms with Crippen molar-refractivity contribution < 1.29 is 13.2 Å². The second-order valence-corrected chi connectivity index (χ2v) is 9.53. The average Bonchev–Trinajstić information content (AvgIpc) is 2.68. The van der Waals surface area contributed by atoms with Crippen LogP contribution in [0.2, 0.25) is 10.0 Å². The molecule has 0 unspecified atom stereocenters. The highest BCUT2D eigenvalue weighted by Crippen LogP contribution is 2.26. The van der Waals surface area contributed by atoms with Crippen LogP contribution in [-0.4, -0.2) is 20.9 Å². The molecule has 0 bridgehead atoms. The van der Waals surface area contributed by atoms with E-state index in [4.69, 9.17) is 23.2 Å². The summed E-state index contributed by atoms with van der Waals surface area (Å²) >= 11 is 12.0. The number of rotatable bonds is 6. The second-order valence-electron chi connectivity index (χ2n) is 6.80. The van der Waals surface area contributed by atoms with E-state index in [9.17, 15) is 13.2 Å². The van der Waals surface area contributed by atoms with Gasteiger partial charge in [-0.05, 0) is 67.4 Å². The minimum atomic E-state index is -3.97. The fourth-order valence-corrected chi connectivity index (χ4v) is 4.83. The van der Waals surface area contributed by atoms with Gasteiger partial charge in [0.15, 0.2) is 0 Å². The van der Waals surface area contributed by atoms with E-state index in [0.29, 0.717) is 21.4 Å². The maximum absolute atomic E-state index is 13.3. The van der Waals surface area contributed by atoms with E-state index < -0.39 is 22.5 Å². The Morgan fingerprint density at radius 1 is 0.900 bits per heavy atom. The Morgan fingerprint density at radius 2 is 1.53 bits per heavy atom. The number of amides is 1. The predicted molar refractivity (Wildman–Crippen MR) is 122 cm³/mol. The van der Waals surface area contributed by atoms with Crippen molar-refractivity contribution in [1.29, 1.82) is 0 Å². The van der Waals surface area contributed by atoms with Gasteiger partial charge in [-0.25, -0.2) is 8.42 Å². The smallest absolute Gasteiger partial charge is 0.264 e. The summed E-state index contributed by atoms with van der Waals surface area (Å²) in [5.74, 6) is -0.522. The molecular weight excluding hydrogens is 443 g/mol. The van der Waals surface area contributed by atoms with Crippen LogP contribution in [0.1, 0.15) is 11.1 Å². The van der Waals surface area contributed by atoms with E-state index in [2.05, 4.69) is 5.32 Å². The van der Waals surface area contributed by atoms with Gasteiger partial charge in [-0.3, -0.25) is 9.10 Å². The Morgan fingerprint density at radius 3 is 2.13 bits per heavy atom. The minimum absolute atomic E-state index is 0.0989. The number of anilines is 2. The molecule has 3 rings (SSSR count). The fourth-order valence-electron chi connectivity index (χ4n) is 2.87. The Hall–Kier alpha value is -2.54. The summed E-state index contributed by atoms with van der Waals surface area (Å²) in [7, 11) is -3.97. The summed E-state index contributed by atoms with van der Waals surface area (Å²) in [5.41, 5.74) is 2.73. The van der Waals surface area contributed by atoms with Gasteiger partial charge in [-0.2, -0.15) is 0 Å². The summed E-state index contributed by atoms with van der Waals surface area (Å²) < 4.78 is 27.8. The number of halogens is 2. The van der Waals surface area contributed by atoms with Crippen LogP contribution in [0.15, 0.2) is 71.6 Å². The van der Waals surface area contributed by atoms with E-state index in [0.717, 1.165) is 15.4 Å². The number of hydrogen-bond acceptors (Lipinski definition) is 3. The molecule has 0 aliphatic heterocycles. The average molecular weight is 463 g/mol. The van der Waals surface area contributed by atoms with Crippen LogP contribution in [0.3, 0.4) is 0 Å². The minimum Gasteiger partial charge on any atom is -0.324 e. The number of benzene rings is 3. The van der Waals surface area contributed by atoms with Gasteiger partial charge in [-0.1, -0.05) is 47.5 Å². The molecule has 0 heterocycles. The summed E-state index contributed by atoms with van der Waals surface area (Å²) in [4.78, 5) is 12.8. The predicted octanol–water partition coefficient (Wildman–Crippen LogP) is 5.44. The second kappa shape index (κ2) is 9.08. The third-order valence-electron chi connectivity index (χ3n) is 4.54. The molecular formula is C22H20Cl2N2O3S. The first kappa shape index (κ1) is 22.2. The monoisotopic (exact) mass is 462 g/mol. The molecule has 0 atom stereocenters. The maximum atomic E-state index is 13.3. The molecule has 0 saturated carbocycles. The van der Waals surface area contributed by atoms with Crippen molar-refractivity contribution in [2.45, 2.75) is 18.7 Å². The normalized spacial score (nSPS) is 11.2. The maximum Gasteiger partial charge on any atom is 0.264 e. The molecule has 3 aromatic rings. The summed E-state index contributed by atoms with van der Waals surface area (Å²) in [6, 6.07) is 17.9. The van der Waals surface area contributed by atoms with Crippen LogP contribution in [0.25, 0.3) is 0 Å². The van der Waals surface area contributed by atoms with Crippen molar-refractivity contribution in [3.63, 3.8) is 0 Å². The lowest BCUT2D eigenvalue weighted by Crippen LogP contribution is -2.38. The lowest BCUT2D eigenvalue weighted by Gasteiger charge is -2.25. The third-order valence-corrected chi connectivity index (χ3v) is 6.77. The molecule has 3 aromatic carbocycles. The summed E-state index contributed by atoms with van der Waals surface area (Å²) in [5, 5.41) is 3.38. The van der Waals surface area contributed by atoms with Gasteiger partial charge in [0, 0.05) is 15.7 Å². The van der Waals surface area contributed by atoms with Crippen molar-refractivity contribution in [2.75, 3.05) is 16.2 Å². The third kappa shape index (κ3) is 5.14. The zero-order valence-electron chi connectivity index (χ0n) is 16.4. The topological polar surface area (TPSA) is 66.5 Å². The van der Waals surface area contributed by atoms with Gasteiger partial charge in [-0.15, -0.1) is 0 Å². The SMILES string of the molecule is Cc1ccc(N(CC(=O)Nc2cc(Cl)cc(Cl)c2)S(=O)(=O)c2ccccc2)cc1C. The fraction of sp³-hybridized carbons (Fsp3) is 0.136. The van der Waals surface area contributed by atoms with E-state index >= 15 is 0 Å². The molecule has 1 N–H and O–H groups in total. The number of nitrogens with one attached hydrogen (secondary N) is 1. The lowest BCUT2D eigenvalue weighted by molar-refractivity contribution is -0.114. The number of hydrogen-bond donors (Lipinski definition) is 1. The summed E-state index contributed by atoms with van der Waals surface area (Å²) in [6.45, 7) is 3.41. The molecule has 0 aromatic heterocycles. The molecule has 156 valence electrons. The van der Waals surface area contributed by atoms with Crippen LogP contribution in [0, 0.1) is 13.8 Å². The Kier molecular flexibility index (Phi) is 6.71. The van der Waals surface area contributed by atoms with Gasteiger partial charge < -0.3 is 5.32 Å². The highest BCUT2D eigenvalue weighted by Gasteiger charge is 2.27. The molecule has 0 aliphatic rings. The number of nitrogens with zero attached hydrogens (tertiary/aromatic N) is 1. The summed E-state index contributed by atoms with van der Waals surface area (Å²) in [6.07, 6.45) is 0. The van der Waals surface area contributed by atoms with Crippen LogP contribution in [0.5, 0.6) is 0 Å². The molecule has 0 spiro atoms. The highest BCUT2D eigenvalue weighted by atomic mass is 35.5. The molecule has 30 heavy (non-hydrogen) atoms. The molecule has 0 aliphatic carbocycles. The van der Waals surface area contributed by atoms with Crippen molar-refractivity contribution in [3.05, 3.63) is 87.9 Å². The Balaban J connectivity index is 1.97. The molecule has 0 fully saturated rings. The largest absolute Gasteiger partial charge is 0.324 e. The van der Waals surface area contributed by atoms with Crippen LogP contribution in [0.4, 0.5) is 11.4 Å². The van der Waals surface area contributed by atoms with Crippen molar-refractivity contribution in [2.24, 2.45) is 0 Å². The van der Waals surface area contributed by atoms with E-state index in [1.807, 2.05) is 19.9 Å². The number of carbonyl (C=O) groups excluding carboxylic acids is 1. The first-order chi connectivity index (χ1) is 14.2. The molecule has 5 nitrogen and oxygen atoms in total. The molecule has 1 amide bonds. The molecule has 8 heteroatoms. The first-order valence-corrected chi connectivity index (χ1v) is 11.3. The van der Waals surface area contributed by atoms with Crippen molar-refractivity contribution in [1.82, 2.24) is 0 Å². The zero-order chi connectivity index (χ0) is 21.9. The first-order valence-electron chi connectivity index (χ1n) is 9.08. The van der Waals surface area contributed by atoms with Gasteiger partial charge in [0.1, 0.15) is 6.54 Å². The van der Waals surface area contributed by atoms with Gasteiger partial charge in [0.2, 0.25) is 5.91 Å². The lowest BCUT2D eigenvalue weighted by atomic mass is 10.1. The van der Waals surface area contributed by atoms with E-state index in [1.54, 1.807) is 36.4 Å². The van der Waals surface area contributed by atoms with Crippen LogP contribution >= 0.6 is 23.2 Å². The Labute approximate surface area is 186 Å². The highest BCUT2D eigenvalue weighted by molar-refractivity contribution is 7.92. The standard InChI is InChI=1S/C22H20Cl2N2O3S/c1-15-8-9-20(10-16(15)2)26(30(28,29)21-6-4-3-5-7-21)14-22(27)25-19-12-17(23)11-18(24)13-19/h3-13H,14H2,1-2H3,(H,25,27). The van der Waals surface area contributed by atoms with Crippen LogP contribution in [-0.2, 0) is 14.8 Å². The van der Waals surface area contributed by atoms with Gasteiger partial charge in [0.05, 0.1) is 10.6 Å². The molecule has 0 radical (unpaired) electrons.